The summed E-state index contributed by atoms with van der Waals surface area (Å²) in [6.07, 6.45) is 2.39. The van der Waals surface area contributed by atoms with Gasteiger partial charge in [-0.3, -0.25) is 5.10 Å². The Bertz CT molecular complexity index is 943. The largest absolute Gasteiger partial charge is 0.423 e. The van der Waals surface area contributed by atoms with Crippen LogP contribution >= 0.6 is 12.2 Å². The van der Waals surface area contributed by atoms with Crippen LogP contribution in [0, 0.1) is 4.77 Å². The molecule has 0 spiro atoms. The second-order valence-electron chi connectivity index (χ2n) is 5.18. The van der Waals surface area contributed by atoms with Gasteiger partial charge in [0.1, 0.15) is 5.75 Å². The predicted molar refractivity (Wildman–Crippen MR) is 97.6 cm³/mol. The molecule has 2 aromatic carbocycles. The van der Waals surface area contributed by atoms with Crippen LogP contribution in [-0.2, 0) is 6.42 Å². The van der Waals surface area contributed by atoms with E-state index in [1.54, 1.807) is 47.3 Å². The number of benzene rings is 2. The van der Waals surface area contributed by atoms with E-state index in [9.17, 15) is 4.79 Å². The van der Waals surface area contributed by atoms with E-state index in [-0.39, 0.29) is 5.97 Å². The van der Waals surface area contributed by atoms with Gasteiger partial charge in [0.05, 0.1) is 11.8 Å². The van der Waals surface area contributed by atoms with Crippen LogP contribution in [0.2, 0.25) is 0 Å². The minimum Gasteiger partial charge on any atom is -0.423 e. The van der Waals surface area contributed by atoms with E-state index in [1.807, 2.05) is 25.1 Å². The highest BCUT2D eigenvalue weighted by Crippen LogP contribution is 2.14. The molecule has 0 bridgehead atoms. The van der Waals surface area contributed by atoms with E-state index in [0.29, 0.717) is 16.1 Å². The number of rotatable bonds is 5. The van der Waals surface area contributed by atoms with E-state index in [2.05, 4.69) is 15.3 Å². The quantitative estimate of drug-likeness (QED) is 0.330. The molecule has 1 N–H and O–H groups in total. The molecule has 0 atom stereocenters. The van der Waals surface area contributed by atoms with Crippen LogP contribution in [0.5, 0.6) is 5.75 Å². The number of H-pyrrole nitrogens is 1. The van der Waals surface area contributed by atoms with Crippen LogP contribution < -0.4 is 4.74 Å². The number of nitrogens with one attached hydrogen (secondary N) is 1. The molecule has 0 radical (unpaired) electrons. The summed E-state index contributed by atoms with van der Waals surface area (Å²) in [5.74, 6) is 0.842. The van der Waals surface area contributed by atoms with Crippen molar-refractivity contribution in [3.8, 4) is 5.75 Å². The Balaban J connectivity index is 1.70. The zero-order chi connectivity index (χ0) is 17.6. The second kappa shape index (κ2) is 7.67. The van der Waals surface area contributed by atoms with Crippen molar-refractivity contribution < 1.29 is 9.53 Å². The number of aryl methyl sites for hydroxylation is 1. The number of carbonyl (C=O) groups is 1. The highest BCUT2D eigenvalue weighted by atomic mass is 32.1. The molecule has 1 aromatic heterocycles. The highest BCUT2D eigenvalue weighted by Gasteiger charge is 2.07. The lowest BCUT2D eigenvalue weighted by atomic mass is 10.2. The van der Waals surface area contributed by atoms with E-state index in [4.69, 9.17) is 17.0 Å². The topological polar surface area (TPSA) is 72.3 Å². The molecule has 0 fully saturated rings. The number of nitrogens with zero attached hydrogens (tertiary/aromatic N) is 3. The monoisotopic (exact) mass is 352 g/mol. The Labute approximate surface area is 149 Å². The van der Waals surface area contributed by atoms with Crippen LogP contribution in [0.4, 0.5) is 0 Å². The summed E-state index contributed by atoms with van der Waals surface area (Å²) in [4.78, 5) is 12.0. The number of hydrogen-bond acceptors (Lipinski definition) is 5. The Morgan fingerprint density at radius 2 is 1.96 bits per heavy atom. The van der Waals surface area contributed by atoms with Crippen LogP contribution in [-0.4, -0.2) is 27.1 Å². The lowest BCUT2D eigenvalue weighted by Gasteiger charge is -2.04. The fourth-order valence-corrected chi connectivity index (χ4v) is 2.36. The third-order valence-electron chi connectivity index (χ3n) is 3.46. The molecule has 0 saturated heterocycles. The molecule has 126 valence electrons. The van der Waals surface area contributed by atoms with Crippen molar-refractivity contribution in [2.45, 2.75) is 13.3 Å². The zero-order valence-electron chi connectivity index (χ0n) is 13.5. The van der Waals surface area contributed by atoms with Crippen molar-refractivity contribution in [2.75, 3.05) is 0 Å². The van der Waals surface area contributed by atoms with Gasteiger partial charge in [-0.15, -0.1) is 0 Å². The van der Waals surface area contributed by atoms with Gasteiger partial charge in [-0.1, -0.05) is 25.1 Å². The van der Waals surface area contributed by atoms with Crippen LogP contribution in [0.25, 0.3) is 0 Å². The molecule has 0 aliphatic carbocycles. The van der Waals surface area contributed by atoms with Crippen molar-refractivity contribution in [1.82, 2.24) is 14.9 Å². The normalized spacial score (nSPS) is 10.9. The lowest BCUT2D eigenvalue weighted by molar-refractivity contribution is 0.0735. The minimum absolute atomic E-state index is 0.390. The average Bonchev–Trinajstić information content (AvgIpc) is 3.01. The molecule has 0 aliphatic rings. The molecule has 3 aromatic rings. The summed E-state index contributed by atoms with van der Waals surface area (Å²) < 4.78 is 7.37. The van der Waals surface area contributed by atoms with Crippen molar-refractivity contribution in [2.24, 2.45) is 5.10 Å². The summed E-state index contributed by atoms with van der Waals surface area (Å²) in [5, 5.41) is 11.1. The van der Waals surface area contributed by atoms with Gasteiger partial charge in [-0.05, 0) is 54.2 Å². The fourth-order valence-electron chi connectivity index (χ4n) is 2.16. The van der Waals surface area contributed by atoms with Gasteiger partial charge < -0.3 is 4.74 Å². The summed E-state index contributed by atoms with van der Waals surface area (Å²) in [7, 11) is 0. The number of ether oxygens (including phenoxy) is 1. The van der Waals surface area contributed by atoms with Gasteiger partial charge in [-0.25, -0.2) is 4.79 Å². The molecular formula is C18H16N4O2S. The first-order valence-electron chi connectivity index (χ1n) is 7.75. The molecule has 0 aliphatic heterocycles. The Hall–Kier alpha value is -3.06. The molecule has 3 rings (SSSR count). The van der Waals surface area contributed by atoms with Crippen molar-refractivity contribution >= 4 is 24.4 Å². The van der Waals surface area contributed by atoms with Crippen molar-refractivity contribution in [1.29, 1.82) is 0 Å². The number of aromatic nitrogens is 3. The fraction of sp³-hybridized carbons (Fsp3) is 0.111. The zero-order valence-corrected chi connectivity index (χ0v) is 14.4. The van der Waals surface area contributed by atoms with Crippen LogP contribution in [0.15, 0.2) is 59.7 Å². The number of carbonyl (C=O) groups excluding carboxylic acids is 1. The number of esters is 1. The Morgan fingerprint density at radius 3 is 2.64 bits per heavy atom. The molecule has 6 nitrogen and oxygen atoms in total. The van der Waals surface area contributed by atoms with Gasteiger partial charge in [-0.2, -0.15) is 14.9 Å². The number of hydrogen-bond donors (Lipinski definition) is 1. The van der Waals surface area contributed by atoms with Crippen LogP contribution in [0.1, 0.15) is 28.7 Å². The Morgan fingerprint density at radius 1 is 1.24 bits per heavy atom. The average molecular weight is 352 g/mol. The van der Waals surface area contributed by atoms with Crippen molar-refractivity contribution in [3.63, 3.8) is 0 Å². The summed E-state index contributed by atoms with van der Waals surface area (Å²) >= 11 is 5.14. The summed E-state index contributed by atoms with van der Waals surface area (Å²) in [6.45, 7) is 1.98. The highest BCUT2D eigenvalue weighted by molar-refractivity contribution is 7.71. The molecule has 0 unspecified atom stereocenters. The van der Waals surface area contributed by atoms with E-state index in [0.717, 1.165) is 17.8 Å². The number of aromatic amines is 1. The molecule has 25 heavy (non-hydrogen) atoms. The lowest BCUT2D eigenvalue weighted by Crippen LogP contribution is -2.08. The SMILES string of the molecule is CCc1n[nH]c(=S)n1/N=C/c1ccc(OC(=O)c2ccccc2)cc1. The maximum atomic E-state index is 12.0. The molecule has 1 heterocycles. The molecule has 0 saturated carbocycles. The second-order valence-corrected chi connectivity index (χ2v) is 5.57. The predicted octanol–water partition coefficient (Wildman–Crippen LogP) is 3.60. The molecule has 7 heteroatoms. The van der Waals surface area contributed by atoms with Crippen molar-refractivity contribution in [3.05, 3.63) is 76.3 Å². The first-order chi connectivity index (χ1) is 12.2. The first kappa shape index (κ1) is 16.8. The standard InChI is InChI=1S/C18H16N4O2S/c1-2-16-20-21-18(25)22(16)19-12-13-8-10-15(11-9-13)24-17(23)14-6-4-3-5-7-14/h3-12H,2H2,1H3,(H,21,25)/b19-12+. The molecule has 0 amide bonds. The van der Waals surface area contributed by atoms with E-state index in [1.165, 1.54) is 0 Å². The third kappa shape index (κ3) is 4.07. The van der Waals surface area contributed by atoms with Gasteiger partial charge in [0.2, 0.25) is 4.77 Å². The van der Waals surface area contributed by atoms with Gasteiger partial charge in [0.15, 0.2) is 5.82 Å². The smallest absolute Gasteiger partial charge is 0.343 e. The van der Waals surface area contributed by atoms with E-state index < -0.39 is 0 Å². The van der Waals surface area contributed by atoms with E-state index >= 15 is 0 Å². The van der Waals surface area contributed by atoms with Gasteiger partial charge in [0, 0.05) is 6.42 Å². The third-order valence-corrected chi connectivity index (χ3v) is 3.72. The maximum absolute atomic E-state index is 12.0. The maximum Gasteiger partial charge on any atom is 0.343 e. The summed E-state index contributed by atoms with van der Waals surface area (Å²) in [6, 6.07) is 15.9. The summed E-state index contributed by atoms with van der Waals surface area (Å²) in [5.41, 5.74) is 1.36. The minimum atomic E-state index is -0.390. The first-order valence-corrected chi connectivity index (χ1v) is 8.16. The molecular weight excluding hydrogens is 336 g/mol. The van der Waals surface area contributed by atoms with Crippen LogP contribution in [0.3, 0.4) is 0 Å². The van der Waals surface area contributed by atoms with Gasteiger partial charge in [0.25, 0.3) is 0 Å². The Kier molecular flexibility index (Phi) is 5.15. The van der Waals surface area contributed by atoms with Gasteiger partial charge >= 0.3 is 5.97 Å².